The molecule has 2 aromatic rings. The van der Waals surface area contributed by atoms with Crippen molar-refractivity contribution in [1.82, 2.24) is 4.90 Å². The van der Waals surface area contributed by atoms with Crippen LogP contribution in [0.1, 0.15) is 11.1 Å². The van der Waals surface area contributed by atoms with Crippen LogP contribution in [0.25, 0.3) is 0 Å². The number of hydrogen-bond donors (Lipinski definition) is 1. The lowest BCUT2D eigenvalue weighted by Gasteiger charge is -2.17. The first-order chi connectivity index (χ1) is 12.2. The van der Waals surface area contributed by atoms with Gasteiger partial charge in [-0.3, -0.25) is 9.69 Å². The molecule has 0 unspecified atom stereocenters. The van der Waals surface area contributed by atoms with Gasteiger partial charge in [-0.05, 0) is 42.9 Å². The van der Waals surface area contributed by atoms with Crippen molar-refractivity contribution in [1.29, 1.82) is 0 Å². The minimum Gasteiger partial charge on any atom is -0.497 e. The number of rotatable bonds is 6. The number of ether oxygens (including phenoxy) is 1. The van der Waals surface area contributed by atoms with Crippen LogP contribution in [0, 0.1) is 0 Å². The molecule has 0 aliphatic rings. The molecular formula is C18H18ClF3N2O2. The van der Waals surface area contributed by atoms with Gasteiger partial charge in [0.15, 0.2) is 0 Å². The molecule has 8 heteroatoms. The predicted octanol–water partition coefficient (Wildman–Crippen LogP) is 4.44. The molecule has 4 nitrogen and oxygen atoms in total. The SMILES string of the molecule is COc1cccc(CN(C)CC(=O)Nc2cc(C(F)(F)F)ccc2Cl)c1. The number of nitrogens with one attached hydrogen (secondary N) is 1. The summed E-state index contributed by atoms with van der Waals surface area (Å²) in [6, 6.07) is 10.2. The fourth-order valence-corrected chi connectivity index (χ4v) is 2.54. The topological polar surface area (TPSA) is 41.6 Å². The highest BCUT2D eigenvalue weighted by Gasteiger charge is 2.31. The lowest BCUT2D eigenvalue weighted by molar-refractivity contribution is -0.137. The van der Waals surface area contributed by atoms with E-state index < -0.39 is 17.6 Å². The van der Waals surface area contributed by atoms with Crippen LogP contribution in [0.5, 0.6) is 5.75 Å². The second-order valence-electron chi connectivity index (χ2n) is 5.76. The highest BCUT2D eigenvalue weighted by atomic mass is 35.5. The molecule has 0 aliphatic carbocycles. The summed E-state index contributed by atoms with van der Waals surface area (Å²) in [6.45, 7) is 0.463. The van der Waals surface area contributed by atoms with E-state index in [1.165, 1.54) is 0 Å². The van der Waals surface area contributed by atoms with Crippen molar-refractivity contribution >= 4 is 23.2 Å². The van der Waals surface area contributed by atoms with Crippen molar-refractivity contribution in [2.45, 2.75) is 12.7 Å². The molecule has 2 aromatic carbocycles. The first-order valence-electron chi connectivity index (χ1n) is 7.67. The number of methoxy groups -OCH3 is 1. The molecule has 0 heterocycles. The van der Waals surface area contributed by atoms with Gasteiger partial charge in [0.25, 0.3) is 0 Å². The van der Waals surface area contributed by atoms with Crippen LogP contribution in [-0.2, 0) is 17.5 Å². The molecular weight excluding hydrogens is 369 g/mol. The average Bonchev–Trinajstić information content (AvgIpc) is 2.55. The van der Waals surface area contributed by atoms with Crippen LogP contribution in [0.4, 0.5) is 18.9 Å². The Labute approximate surface area is 154 Å². The minimum absolute atomic E-state index is 0.0101. The Hall–Kier alpha value is -2.25. The quantitative estimate of drug-likeness (QED) is 0.798. The van der Waals surface area contributed by atoms with Crippen molar-refractivity contribution in [3.05, 3.63) is 58.6 Å². The summed E-state index contributed by atoms with van der Waals surface area (Å²) in [5.41, 5.74) is -0.0000385. The van der Waals surface area contributed by atoms with E-state index in [0.29, 0.717) is 12.3 Å². The van der Waals surface area contributed by atoms with Crippen LogP contribution in [0.3, 0.4) is 0 Å². The molecule has 0 fully saturated rings. The summed E-state index contributed by atoms with van der Waals surface area (Å²) >= 11 is 5.88. The number of anilines is 1. The average molecular weight is 387 g/mol. The van der Waals surface area contributed by atoms with Gasteiger partial charge in [0, 0.05) is 6.54 Å². The van der Waals surface area contributed by atoms with Gasteiger partial charge in [0.2, 0.25) is 5.91 Å². The van der Waals surface area contributed by atoms with E-state index in [1.54, 1.807) is 19.1 Å². The molecule has 0 aromatic heterocycles. The van der Waals surface area contributed by atoms with Gasteiger partial charge < -0.3 is 10.1 Å². The molecule has 0 aliphatic heterocycles. The Bertz CT molecular complexity index is 781. The molecule has 26 heavy (non-hydrogen) atoms. The fourth-order valence-electron chi connectivity index (χ4n) is 2.37. The van der Waals surface area contributed by atoms with Crippen molar-refractivity contribution < 1.29 is 22.7 Å². The summed E-state index contributed by atoms with van der Waals surface area (Å²) in [4.78, 5) is 13.9. The van der Waals surface area contributed by atoms with Crippen LogP contribution >= 0.6 is 11.6 Å². The number of nitrogens with zero attached hydrogens (tertiary/aromatic N) is 1. The summed E-state index contributed by atoms with van der Waals surface area (Å²) in [5, 5.41) is 2.47. The Morgan fingerprint density at radius 3 is 2.62 bits per heavy atom. The van der Waals surface area contributed by atoms with E-state index in [2.05, 4.69) is 5.32 Å². The van der Waals surface area contributed by atoms with Crippen molar-refractivity contribution in [2.75, 3.05) is 26.0 Å². The number of halogens is 4. The van der Waals surface area contributed by atoms with Gasteiger partial charge in [-0.15, -0.1) is 0 Å². The smallest absolute Gasteiger partial charge is 0.416 e. The normalized spacial score (nSPS) is 11.5. The number of likely N-dealkylation sites (N-methyl/N-ethyl adjacent to an activating group) is 1. The number of amides is 1. The molecule has 140 valence electrons. The molecule has 0 radical (unpaired) electrons. The standard InChI is InChI=1S/C18H18ClF3N2O2/c1-24(10-12-4-3-5-14(8-12)26-2)11-17(25)23-16-9-13(18(20,21)22)6-7-15(16)19/h3-9H,10-11H2,1-2H3,(H,23,25). The maximum atomic E-state index is 12.8. The molecule has 2 rings (SSSR count). The number of hydrogen-bond acceptors (Lipinski definition) is 3. The largest absolute Gasteiger partial charge is 0.497 e. The molecule has 1 amide bonds. The zero-order chi connectivity index (χ0) is 19.3. The van der Waals surface area contributed by atoms with Gasteiger partial charge in [0.05, 0.1) is 29.9 Å². The molecule has 1 N–H and O–H groups in total. The van der Waals surface area contributed by atoms with Crippen LogP contribution in [0.15, 0.2) is 42.5 Å². The number of carbonyl (C=O) groups excluding carboxylic acids is 1. The third-order valence-electron chi connectivity index (χ3n) is 3.57. The van der Waals surface area contributed by atoms with Crippen molar-refractivity contribution in [2.24, 2.45) is 0 Å². The first kappa shape index (κ1) is 20.1. The Morgan fingerprint density at radius 1 is 1.23 bits per heavy atom. The monoisotopic (exact) mass is 386 g/mol. The Balaban J connectivity index is 1.99. The molecule has 0 saturated heterocycles. The maximum absolute atomic E-state index is 12.8. The zero-order valence-corrected chi connectivity index (χ0v) is 15.0. The second-order valence-corrected chi connectivity index (χ2v) is 6.17. The lowest BCUT2D eigenvalue weighted by atomic mass is 10.2. The van der Waals surface area contributed by atoms with Crippen LogP contribution in [0.2, 0.25) is 5.02 Å². The van der Waals surface area contributed by atoms with Crippen LogP contribution < -0.4 is 10.1 Å². The highest BCUT2D eigenvalue weighted by molar-refractivity contribution is 6.33. The Morgan fingerprint density at radius 2 is 1.96 bits per heavy atom. The van der Waals surface area contributed by atoms with E-state index in [4.69, 9.17) is 16.3 Å². The third kappa shape index (κ3) is 5.64. The Kier molecular flexibility index (Phi) is 6.50. The fraction of sp³-hybridized carbons (Fsp3) is 0.278. The number of benzene rings is 2. The van der Waals surface area contributed by atoms with E-state index in [-0.39, 0.29) is 17.3 Å². The summed E-state index contributed by atoms with van der Waals surface area (Å²) < 4.78 is 43.5. The van der Waals surface area contributed by atoms with Gasteiger partial charge in [-0.1, -0.05) is 23.7 Å². The molecule has 0 saturated carbocycles. The van der Waals surface area contributed by atoms with Gasteiger partial charge >= 0.3 is 6.18 Å². The minimum atomic E-state index is -4.51. The van der Waals surface area contributed by atoms with E-state index >= 15 is 0 Å². The summed E-state index contributed by atoms with van der Waals surface area (Å²) in [7, 11) is 3.29. The number of carbonyl (C=O) groups is 1. The van der Waals surface area contributed by atoms with E-state index in [1.807, 2.05) is 24.3 Å². The summed E-state index contributed by atoms with van der Waals surface area (Å²) in [6.07, 6.45) is -4.51. The van der Waals surface area contributed by atoms with E-state index in [0.717, 1.165) is 23.8 Å². The molecule has 0 bridgehead atoms. The van der Waals surface area contributed by atoms with Gasteiger partial charge in [-0.2, -0.15) is 13.2 Å². The molecule has 0 atom stereocenters. The second kappa shape index (κ2) is 8.42. The zero-order valence-electron chi connectivity index (χ0n) is 14.2. The van der Waals surface area contributed by atoms with Crippen LogP contribution in [-0.4, -0.2) is 31.5 Å². The van der Waals surface area contributed by atoms with Crippen molar-refractivity contribution in [3.8, 4) is 5.75 Å². The van der Waals surface area contributed by atoms with Gasteiger partial charge in [-0.25, -0.2) is 0 Å². The lowest BCUT2D eigenvalue weighted by Crippen LogP contribution is -2.30. The van der Waals surface area contributed by atoms with Crippen molar-refractivity contribution in [3.63, 3.8) is 0 Å². The van der Waals surface area contributed by atoms with E-state index in [9.17, 15) is 18.0 Å². The third-order valence-corrected chi connectivity index (χ3v) is 3.90. The molecule has 0 spiro atoms. The maximum Gasteiger partial charge on any atom is 0.416 e. The summed E-state index contributed by atoms with van der Waals surface area (Å²) in [5.74, 6) is 0.243. The number of alkyl halides is 3. The first-order valence-corrected chi connectivity index (χ1v) is 8.05. The highest BCUT2D eigenvalue weighted by Crippen LogP contribution is 2.33. The predicted molar refractivity (Wildman–Crippen MR) is 94.4 cm³/mol. The van der Waals surface area contributed by atoms with Gasteiger partial charge in [0.1, 0.15) is 5.75 Å².